The molecule has 12 heavy (non-hydrogen) atoms. The van der Waals surface area contributed by atoms with E-state index in [0.717, 1.165) is 6.42 Å². The number of carbonyl (C=O) groups excluding carboxylic acids is 1. The van der Waals surface area contributed by atoms with Gasteiger partial charge in [0.05, 0.1) is 19.1 Å². The van der Waals surface area contributed by atoms with Gasteiger partial charge >= 0.3 is 5.97 Å². The maximum atomic E-state index is 11.1. The molecule has 0 aliphatic carbocycles. The number of rotatable bonds is 5. The highest BCUT2D eigenvalue weighted by molar-refractivity contribution is 5.75. The molecule has 0 unspecified atom stereocenters. The summed E-state index contributed by atoms with van der Waals surface area (Å²) in [7, 11) is 1.39. The van der Waals surface area contributed by atoms with E-state index in [1.165, 1.54) is 7.11 Å². The Bertz CT molecular complexity index is 141. The topological polar surface area (TPSA) is 35.5 Å². The molecule has 0 rings (SSSR count). The normalized spacial score (nSPS) is 11.3. The summed E-state index contributed by atoms with van der Waals surface area (Å²) in [6.07, 6.45) is 0.969. The van der Waals surface area contributed by atoms with Crippen molar-refractivity contribution < 1.29 is 14.3 Å². The molecule has 0 aromatic rings. The van der Waals surface area contributed by atoms with Crippen LogP contribution in [0, 0.1) is 5.41 Å². The van der Waals surface area contributed by atoms with Crippen molar-refractivity contribution in [1.82, 2.24) is 0 Å². The summed E-state index contributed by atoms with van der Waals surface area (Å²) in [5.41, 5.74) is -0.524. The average Bonchev–Trinajstić information content (AvgIpc) is 2.03. The number of ether oxygens (including phenoxy) is 2. The Hall–Kier alpha value is -0.570. The Morgan fingerprint density at radius 2 is 2.00 bits per heavy atom. The predicted molar refractivity (Wildman–Crippen MR) is 46.9 cm³/mol. The molecule has 0 aromatic carbocycles. The van der Waals surface area contributed by atoms with Crippen LogP contribution in [0.3, 0.4) is 0 Å². The van der Waals surface area contributed by atoms with E-state index in [0.29, 0.717) is 13.2 Å². The minimum atomic E-state index is -0.524. The van der Waals surface area contributed by atoms with Gasteiger partial charge in [0.15, 0.2) is 0 Å². The Balaban J connectivity index is 3.78. The van der Waals surface area contributed by atoms with Crippen LogP contribution in [0.15, 0.2) is 0 Å². The predicted octanol–water partition coefficient (Wildman–Crippen LogP) is 1.61. The quantitative estimate of drug-likeness (QED) is 0.469. The van der Waals surface area contributed by atoms with Gasteiger partial charge in [-0.25, -0.2) is 0 Å². The zero-order valence-corrected chi connectivity index (χ0v) is 8.35. The van der Waals surface area contributed by atoms with E-state index in [1.807, 2.05) is 20.8 Å². The molecular formula is C9H18O3. The molecule has 0 saturated carbocycles. The number of carbonyl (C=O) groups is 1. The van der Waals surface area contributed by atoms with Crippen LogP contribution in [-0.2, 0) is 14.3 Å². The molecule has 0 aliphatic rings. The lowest BCUT2D eigenvalue weighted by Gasteiger charge is -2.20. The number of hydrogen-bond acceptors (Lipinski definition) is 3. The van der Waals surface area contributed by atoms with E-state index >= 15 is 0 Å². The van der Waals surface area contributed by atoms with Crippen molar-refractivity contribution >= 4 is 5.97 Å². The smallest absolute Gasteiger partial charge is 0.313 e. The molecule has 0 saturated heterocycles. The number of esters is 1. The average molecular weight is 174 g/mol. The van der Waals surface area contributed by atoms with Crippen molar-refractivity contribution in [1.29, 1.82) is 0 Å². The van der Waals surface area contributed by atoms with Gasteiger partial charge in [-0.15, -0.1) is 0 Å². The summed E-state index contributed by atoms with van der Waals surface area (Å²) >= 11 is 0. The van der Waals surface area contributed by atoms with Gasteiger partial charge in [-0.1, -0.05) is 6.92 Å². The van der Waals surface area contributed by atoms with E-state index in [1.54, 1.807) is 0 Å². The van der Waals surface area contributed by atoms with Crippen molar-refractivity contribution in [3.8, 4) is 0 Å². The minimum absolute atomic E-state index is 0.224. The first-order chi connectivity index (χ1) is 5.54. The lowest BCUT2D eigenvalue weighted by molar-refractivity contribution is -0.154. The van der Waals surface area contributed by atoms with E-state index in [2.05, 4.69) is 4.74 Å². The molecule has 3 nitrogen and oxygen atoms in total. The molecule has 0 radical (unpaired) electrons. The summed E-state index contributed by atoms with van der Waals surface area (Å²) in [6.45, 7) is 6.78. The Morgan fingerprint density at radius 3 is 2.42 bits per heavy atom. The van der Waals surface area contributed by atoms with Crippen molar-refractivity contribution in [2.75, 3.05) is 20.3 Å². The largest absolute Gasteiger partial charge is 0.469 e. The molecule has 0 heterocycles. The molecule has 0 spiro atoms. The third-order valence-corrected chi connectivity index (χ3v) is 1.55. The van der Waals surface area contributed by atoms with Gasteiger partial charge in [0.2, 0.25) is 0 Å². The first-order valence-electron chi connectivity index (χ1n) is 4.20. The van der Waals surface area contributed by atoms with Crippen molar-refractivity contribution in [2.45, 2.75) is 27.2 Å². The lowest BCUT2D eigenvalue weighted by atomic mass is 9.95. The maximum absolute atomic E-state index is 11.1. The second kappa shape index (κ2) is 5.14. The summed E-state index contributed by atoms with van der Waals surface area (Å²) in [4.78, 5) is 11.1. The van der Waals surface area contributed by atoms with Crippen LogP contribution >= 0.6 is 0 Å². The lowest BCUT2D eigenvalue weighted by Crippen LogP contribution is -2.30. The van der Waals surface area contributed by atoms with Gasteiger partial charge in [0, 0.05) is 6.61 Å². The van der Waals surface area contributed by atoms with Crippen LogP contribution in [0.4, 0.5) is 0 Å². The SMILES string of the molecule is CCCOCC(C)(C)C(=O)OC. The summed E-state index contributed by atoms with van der Waals surface area (Å²) < 4.78 is 9.90. The Labute approximate surface area is 74.0 Å². The van der Waals surface area contributed by atoms with Gasteiger partial charge in [-0.2, -0.15) is 0 Å². The van der Waals surface area contributed by atoms with Gasteiger partial charge < -0.3 is 9.47 Å². The van der Waals surface area contributed by atoms with Crippen molar-refractivity contribution in [3.63, 3.8) is 0 Å². The minimum Gasteiger partial charge on any atom is -0.469 e. The van der Waals surface area contributed by atoms with Gasteiger partial charge in [0.1, 0.15) is 0 Å². The Kier molecular flexibility index (Phi) is 4.90. The number of methoxy groups -OCH3 is 1. The highest BCUT2D eigenvalue weighted by Gasteiger charge is 2.28. The van der Waals surface area contributed by atoms with Gasteiger partial charge in [0.25, 0.3) is 0 Å². The molecule has 3 heteroatoms. The van der Waals surface area contributed by atoms with E-state index < -0.39 is 5.41 Å². The maximum Gasteiger partial charge on any atom is 0.313 e. The molecule has 0 N–H and O–H groups in total. The monoisotopic (exact) mass is 174 g/mol. The number of hydrogen-bond donors (Lipinski definition) is 0. The fourth-order valence-electron chi connectivity index (χ4n) is 0.807. The van der Waals surface area contributed by atoms with E-state index in [9.17, 15) is 4.79 Å². The summed E-state index contributed by atoms with van der Waals surface area (Å²) in [6, 6.07) is 0. The molecule has 0 aliphatic heterocycles. The zero-order chi connectivity index (χ0) is 9.61. The molecule has 72 valence electrons. The van der Waals surface area contributed by atoms with Crippen molar-refractivity contribution in [3.05, 3.63) is 0 Å². The van der Waals surface area contributed by atoms with E-state index in [-0.39, 0.29) is 5.97 Å². The molecule has 0 bridgehead atoms. The van der Waals surface area contributed by atoms with Crippen LogP contribution in [-0.4, -0.2) is 26.3 Å². The Morgan fingerprint density at radius 1 is 1.42 bits per heavy atom. The van der Waals surface area contributed by atoms with Crippen LogP contribution in [0.2, 0.25) is 0 Å². The first kappa shape index (κ1) is 11.4. The second-order valence-electron chi connectivity index (χ2n) is 3.43. The fraction of sp³-hybridized carbons (Fsp3) is 0.889. The molecular weight excluding hydrogens is 156 g/mol. The molecule has 0 atom stereocenters. The van der Waals surface area contributed by atoms with E-state index in [4.69, 9.17) is 4.74 Å². The standard InChI is InChI=1S/C9H18O3/c1-5-6-12-7-9(2,3)8(10)11-4/h5-7H2,1-4H3. The highest BCUT2D eigenvalue weighted by atomic mass is 16.5. The third-order valence-electron chi connectivity index (χ3n) is 1.55. The molecule has 0 amide bonds. The third kappa shape index (κ3) is 3.72. The summed E-state index contributed by atoms with van der Waals surface area (Å²) in [5, 5.41) is 0. The van der Waals surface area contributed by atoms with Crippen LogP contribution in [0.1, 0.15) is 27.2 Å². The zero-order valence-electron chi connectivity index (χ0n) is 8.35. The van der Waals surface area contributed by atoms with Crippen molar-refractivity contribution in [2.24, 2.45) is 5.41 Å². The summed E-state index contributed by atoms with van der Waals surface area (Å²) in [5.74, 6) is -0.224. The van der Waals surface area contributed by atoms with Crippen LogP contribution in [0.5, 0.6) is 0 Å². The highest BCUT2D eigenvalue weighted by Crippen LogP contribution is 2.17. The second-order valence-corrected chi connectivity index (χ2v) is 3.43. The first-order valence-corrected chi connectivity index (χ1v) is 4.20. The van der Waals surface area contributed by atoms with Crippen LogP contribution < -0.4 is 0 Å². The fourth-order valence-corrected chi connectivity index (χ4v) is 0.807. The molecule has 0 aromatic heterocycles. The van der Waals surface area contributed by atoms with Crippen LogP contribution in [0.25, 0.3) is 0 Å². The van der Waals surface area contributed by atoms with Gasteiger partial charge in [-0.3, -0.25) is 4.79 Å². The van der Waals surface area contributed by atoms with Gasteiger partial charge in [-0.05, 0) is 20.3 Å². The molecule has 0 fully saturated rings.